The number of hydrogen-bond acceptors (Lipinski definition) is 4. The molecule has 6 heteroatoms. The third kappa shape index (κ3) is 2.97. The molecule has 1 aromatic carbocycles. The monoisotopic (exact) mass is 298 g/mol. The number of aryl methyl sites for hydroxylation is 2. The van der Waals surface area contributed by atoms with Gasteiger partial charge in [0.15, 0.2) is 0 Å². The molecule has 1 saturated heterocycles. The zero-order chi connectivity index (χ0) is 14.8. The van der Waals surface area contributed by atoms with E-state index in [0.717, 1.165) is 24.0 Å². The predicted octanol–water partition coefficient (Wildman–Crippen LogP) is 1.43. The largest absolute Gasteiger partial charge is 0.492 e. The van der Waals surface area contributed by atoms with Crippen LogP contribution in [0.2, 0.25) is 0 Å². The van der Waals surface area contributed by atoms with Gasteiger partial charge >= 0.3 is 0 Å². The molecule has 1 aliphatic heterocycles. The summed E-state index contributed by atoms with van der Waals surface area (Å²) in [4.78, 5) is 0.416. The molecule has 0 unspecified atom stereocenters. The topological polar surface area (TPSA) is 72.6 Å². The first kappa shape index (κ1) is 15.3. The van der Waals surface area contributed by atoms with Crippen LogP contribution in [0.25, 0.3) is 0 Å². The third-order valence-corrected chi connectivity index (χ3v) is 5.69. The molecule has 5 nitrogen and oxygen atoms in total. The van der Waals surface area contributed by atoms with Crippen molar-refractivity contribution in [1.29, 1.82) is 0 Å². The molecule has 0 amide bonds. The van der Waals surface area contributed by atoms with Gasteiger partial charge < -0.3 is 10.5 Å². The van der Waals surface area contributed by atoms with Crippen molar-refractivity contribution in [2.24, 2.45) is 5.73 Å². The van der Waals surface area contributed by atoms with Crippen LogP contribution in [0.5, 0.6) is 5.75 Å². The van der Waals surface area contributed by atoms with Crippen LogP contribution in [0.3, 0.4) is 0 Å². The Morgan fingerprint density at radius 1 is 1.20 bits per heavy atom. The highest BCUT2D eigenvalue weighted by Crippen LogP contribution is 2.29. The van der Waals surface area contributed by atoms with E-state index in [2.05, 4.69) is 0 Å². The number of rotatable bonds is 5. The molecule has 1 heterocycles. The van der Waals surface area contributed by atoms with E-state index in [9.17, 15) is 8.42 Å². The first-order valence-electron chi connectivity index (χ1n) is 6.91. The second kappa shape index (κ2) is 6.11. The molecule has 0 atom stereocenters. The molecule has 0 aliphatic carbocycles. The van der Waals surface area contributed by atoms with Gasteiger partial charge in [-0.15, -0.1) is 0 Å². The standard InChI is InChI=1S/C14H22N2O3S/c1-11-9-13(19-8-5-15)10-12(2)14(11)20(17,18)16-6-3-4-7-16/h9-10H,3-8,15H2,1-2H3. The maximum atomic E-state index is 12.7. The van der Waals surface area contributed by atoms with Crippen LogP contribution in [0.15, 0.2) is 17.0 Å². The van der Waals surface area contributed by atoms with Crippen LogP contribution in [0.1, 0.15) is 24.0 Å². The van der Waals surface area contributed by atoms with Gasteiger partial charge in [0, 0.05) is 19.6 Å². The molecular formula is C14H22N2O3S. The average Bonchev–Trinajstić information content (AvgIpc) is 2.89. The zero-order valence-corrected chi connectivity index (χ0v) is 12.9. The van der Waals surface area contributed by atoms with Crippen molar-refractivity contribution in [1.82, 2.24) is 4.31 Å². The summed E-state index contributed by atoms with van der Waals surface area (Å²) in [6.07, 6.45) is 1.88. The van der Waals surface area contributed by atoms with Gasteiger partial charge in [-0.2, -0.15) is 4.31 Å². The van der Waals surface area contributed by atoms with Crippen molar-refractivity contribution >= 4 is 10.0 Å². The van der Waals surface area contributed by atoms with Crippen molar-refractivity contribution in [3.05, 3.63) is 23.3 Å². The molecular weight excluding hydrogens is 276 g/mol. The van der Waals surface area contributed by atoms with Crippen LogP contribution in [-0.4, -0.2) is 39.0 Å². The number of benzene rings is 1. The fraction of sp³-hybridized carbons (Fsp3) is 0.571. The Labute approximate surface area is 120 Å². The fourth-order valence-corrected chi connectivity index (χ4v) is 4.56. The van der Waals surface area contributed by atoms with Crippen LogP contribution < -0.4 is 10.5 Å². The third-order valence-electron chi connectivity index (χ3n) is 3.48. The first-order chi connectivity index (χ1) is 9.46. The molecule has 0 aromatic heterocycles. The summed E-state index contributed by atoms with van der Waals surface area (Å²) in [5.74, 6) is 0.672. The van der Waals surface area contributed by atoms with Crippen molar-refractivity contribution in [2.45, 2.75) is 31.6 Å². The summed E-state index contributed by atoms with van der Waals surface area (Å²) in [6, 6.07) is 3.54. The van der Waals surface area contributed by atoms with E-state index in [1.165, 1.54) is 0 Å². The highest BCUT2D eigenvalue weighted by Gasteiger charge is 2.30. The minimum atomic E-state index is -3.38. The molecule has 0 saturated carbocycles. The van der Waals surface area contributed by atoms with Crippen LogP contribution >= 0.6 is 0 Å². The molecule has 0 radical (unpaired) electrons. The van der Waals surface area contributed by atoms with Crippen LogP contribution in [0.4, 0.5) is 0 Å². The van der Waals surface area contributed by atoms with E-state index in [0.29, 0.717) is 36.9 Å². The lowest BCUT2D eigenvalue weighted by molar-refractivity contribution is 0.327. The van der Waals surface area contributed by atoms with Gasteiger partial charge in [-0.3, -0.25) is 0 Å². The molecule has 112 valence electrons. The van der Waals surface area contributed by atoms with Gasteiger partial charge in [0.25, 0.3) is 0 Å². The minimum absolute atomic E-state index is 0.416. The normalized spacial score (nSPS) is 16.6. The molecule has 20 heavy (non-hydrogen) atoms. The Bertz CT molecular complexity index is 555. The van der Waals surface area contributed by atoms with E-state index >= 15 is 0 Å². The maximum Gasteiger partial charge on any atom is 0.243 e. The SMILES string of the molecule is Cc1cc(OCCN)cc(C)c1S(=O)(=O)N1CCCC1. The van der Waals surface area contributed by atoms with Gasteiger partial charge in [-0.1, -0.05) is 0 Å². The van der Waals surface area contributed by atoms with E-state index in [-0.39, 0.29) is 0 Å². The van der Waals surface area contributed by atoms with Crippen LogP contribution in [-0.2, 0) is 10.0 Å². The molecule has 1 aliphatic rings. The minimum Gasteiger partial charge on any atom is -0.492 e. The summed E-state index contributed by atoms with van der Waals surface area (Å²) in [5, 5.41) is 0. The molecule has 2 rings (SSSR count). The van der Waals surface area contributed by atoms with Gasteiger partial charge in [-0.25, -0.2) is 8.42 Å². The van der Waals surface area contributed by atoms with Crippen molar-refractivity contribution in [3.8, 4) is 5.75 Å². The Morgan fingerprint density at radius 2 is 1.75 bits per heavy atom. The summed E-state index contributed by atoms with van der Waals surface area (Å²) in [6.45, 7) is 5.72. The molecule has 0 spiro atoms. The highest BCUT2D eigenvalue weighted by molar-refractivity contribution is 7.89. The Balaban J connectivity index is 2.37. The molecule has 0 bridgehead atoms. The molecule has 1 aromatic rings. The van der Waals surface area contributed by atoms with E-state index < -0.39 is 10.0 Å². The lowest BCUT2D eigenvalue weighted by atomic mass is 10.1. The predicted molar refractivity (Wildman–Crippen MR) is 78.5 cm³/mol. The van der Waals surface area contributed by atoms with E-state index in [1.807, 2.05) is 13.8 Å². The zero-order valence-electron chi connectivity index (χ0n) is 12.1. The lowest BCUT2D eigenvalue weighted by Crippen LogP contribution is -2.29. The number of nitrogens with zero attached hydrogens (tertiary/aromatic N) is 1. The Morgan fingerprint density at radius 3 is 2.25 bits per heavy atom. The smallest absolute Gasteiger partial charge is 0.243 e. The highest BCUT2D eigenvalue weighted by atomic mass is 32.2. The quantitative estimate of drug-likeness (QED) is 0.892. The number of nitrogens with two attached hydrogens (primary N) is 1. The maximum absolute atomic E-state index is 12.7. The van der Waals surface area contributed by atoms with Crippen LogP contribution in [0, 0.1) is 13.8 Å². The summed E-state index contributed by atoms with van der Waals surface area (Å²) < 4.78 is 32.4. The Hall–Kier alpha value is -1.11. The van der Waals surface area contributed by atoms with Crippen molar-refractivity contribution in [3.63, 3.8) is 0 Å². The van der Waals surface area contributed by atoms with Gasteiger partial charge in [0.2, 0.25) is 10.0 Å². The summed E-state index contributed by atoms with van der Waals surface area (Å²) in [7, 11) is -3.38. The second-order valence-corrected chi connectivity index (χ2v) is 7.01. The van der Waals surface area contributed by atoms with Gasteiger partial charge in [0.1, 0.15) is 12.4 Å². The second-order valence-electron chi connectivity index (χ2n) is 5.13. The van der Waals surface area contributed by atoms with E-state index in [4.69, 9.17) is 10.5 Å². The Kier molecular flexibility index (Phi) is 4.67. The number of ether oxygens (including phenoxy) is 1. The van der Waals surface area contributed by atoms with Crippen molar-refractivity contribution in [2.75, 3.05) is 26.2 Å². The summed E-state index contributed by atoms with van der Waals surface area (Å²) >= 11 is 0. The lowest BCUT2D eigenvalue weighted by Gasteiger charge is -2.19. The summed E-state index contributed by atoms with van der Waals surface area (Å²) in [5.41, 5.74) is 6.86. The van der Waals surface area contributed by atoms with Gasteiger partial charge in [0.05, 0.1) is 4.90 Å². The first-order valence-corrected chi connectivity index (χ1v) is 8.35. The van der Waals surface area contributed by atoms with Gasteiger partial charge in [-0.05, 0) is 49.9 Å². The fourth-order valence-electron chi connectivity index (χ4n) is 2.64. The number of sulfonamides is 1. The molecule has 2 N–H and O–H groups in total. The molecule has 1 fully saturated rings. The van der Waals surface area contributed by atoms with E-state index in [1.54, 1.807) is 16.4 Å². The number of hydrogen-bond donors (Lipinski definition) is 1. The van der Waals surface area contributed by atoms with Crippen molar-refractivity contribution < 1.29 is 13.2 Å². The average molecular weight is 298 g/mol.